The van der Waals surface area contributed by atoms with Gasteiger partial charge < -0.3 is 0 Å². The van der Waals surface area contributed by atoms with Gasteiger partial charge in [-0.05, 0) is 15.9 Å². The van der Waals surface area contributed by atoms with Crippen LogP contribution >= 0.6 is 28.3 Å². The summed E-state index contributed by atoms with van der Waals surface area (Å²) in [5.41, 5.74) is 0.337. The molecule has 3 nitrogen and oxygen atoms in total. The van der Waals surface area contributed by atoms with Gasteiger partial charge >= 0.3 is 0 Å². The van der Waals surface area contributed by atoms with Crippen LogP contribution in [0.2, 0.25) is 0 Å². The molecular formula is C5H4BrClN2O. The van der Waals surface area contributed by atoms with Crippen LogP contribution < -0.4 is 0 Å². The summed E-state index contributed by atoms with van der Waals surface area (Å²) >= 11 is 3.07. The molecule has 0 aliphatic heterocycles. The van der Waals surface area contributed by atoms with Gasteiger partial charge in [0.15, 0.2) is 6.29 Å². The largest absolute Gasteiger partial charge is 0.296 e. The van der Waals surface area contributed by atoms with Crippen LogP contribution in [-0.4, -0.2) is 16.3 Å². The predicted molar refractivity (Wildman–Crippen MR) is 42.4 cm³/mol. The summed E-state index contributed by atoms with van der Waals surface area (Å²) in [5.74, 6) is 0. The molecule has 0 saturated heterocycles. The molecule has 0 atom stereocenters. The van der Waals surface area contributed by atoms with Crippen molar-refractivity contribution in [2.75, 3.05) is 0 Å². The van der Waals surface area contributed by atoms with Crippen molar-refractivity contribution >= 4 is 34.6 Å². The second-order valence-corrected chi connectivity index (χ2v) is 2.20. The van der Waals surface area contributed by atoms with Crippen molar-refractivity contribution in [2.45, 2.75) is 0 Å². The van der Waals surface area contributed by atoms with Crippen molar-refractivity contribution in [3.05, 3.63) is 22.7 Å². The Morgan fingerprint density at radius 1 is 1.50 bits per heavy atom. The van der Waals surface area contributed by atoms with Gasteiger partial charge in [-0.1, -0.05) is 0 Å². The van der Waals surface area contributed by atoms with Crippen molar-refractivity contribution < 1.29 is 4.79 Å². The molecule has 54 valence electrons. The third-order valence-electron chi connectivity index (χ3n) is 0.745. The van der Waals surface area contributed by atoms with E-state index in [1.165, 1.54) is 12.4 Å². The standard InChI is InChI=1S/C5H3BrN2O.ClH/c6-5-2-7-1-4(3-9)8-5;/h1-3H;1H. The molecule has 1 aromatic rings. The first-order valence-corrected chi connectivity index (χ1v) is 3.05. The molecule has 1 rings (SSSR count). The zero-order valence-electron chi connectivity index (χ0n) is 4.82. The normalized spacial score (nSPS) is 8.10. The minimum absolute atomic E-state index is 0. The van der Waals surface area contributed by atoms with Crippen molar-refractivity contribution in [3.8, 4) is 0 Å². The number of aromatic nitrogens is 2. The molecule has 1 heterocycles. The number of carbonyl (C=O) groups excluding carboxylic acids is 1. The van der Waals surface area contributed by atoms with E-state index in [4.69, 9.17) is 0 Å². The highest BCUT2D eigenvalue weighted by Gasteiger charge is 1.90. The fourth-order valence-electron chi connectivity index (χ4n) is 0.413. The molecule has 0 saturated carbocycles. The zero-order valence-corrected chi connectivity index (χ0v) is 7.22. The van der Waals surface area contributed by atoms with Crippen molar-refractivity contribution in [2.24, 2.45) is 0 Å². The lowest BCUT2D eigenvalue weighted by molar-refractivity contribution is 0.111. The summed E-state index contributed by atoms with van der Waals surface area (Å²) < 4.78 is 0.576. The lowest BCUT2D eigenvalue weighted by Gasteiger charge is -1.87. The van der Waals surface area contributed by atoms with Crippen LogP contribution in [-0.2, 0) is 0 Å². The van der Waals surface area contributed by atoms with Gasteiger partial charge in [-0.25, -0.2) is 4.98 Å². The number of halogens is 2. The zero-order chi connectivity index (χ0) is 6.69. The van der Waals surface area contributed by atoms with Crippen molar-refractivity contribution in [1.82, 2.24) is 9.97 Å². The fraction of sp³-hybridized carbons (Fsp3) is 0. The van der Waals surface area contributed by atoms with Crippen LogP contribution in [0.5, 0.6) is 0 Å². The van der Waals surface area contributed by atoms with Crippen LogP contribution in [0.3, 0.4) is 0 Å². The SMILES string of the molecule is Cl.O=Cc1cncc(Br)n1. The van der Waals surface area contributed by atoms with Crippen LogP contribution in [0.1, 0.15) is 10.5 Å². The average Bonchev–Trinajstić information content (AvgIpc) is 1.88. The highest BCUT2D eigenvalue weighted by Crippen LogP contribution is 2.01. The Morgan fingerprint density at radius 2 is 2.20 bits per heavy atom. The first-order chi connectivity index (χ1) is 4.33. The van der Waals surface area contributed by atoms with E-state index in [-0.39, 0.29) is 12.4 Å². The van der Waals surface area contributed by atoms with Gasteiger partial charge in [-0.15, -0.1) is 12.4 Å². The van der Waals surface area contributed by atoms with E-state index in [9.17, 15) is 4.79 Å². The van der Waals surface area contributed by atoms with E-state index >= 15 is 0 Å². The van der Waals surface area contributed by atoms with Crippen molar-refractivity contribution in [1.29, 1.82) is 0 Å². The molecule has 0 aromatic carbocycles. The highest BCUT2D eigenvalue weighted by atomic mass is 79.9. The third-order valence-corrected chi connectivity index (χ3v) is 1.13. The Balaban J connectivity index is 0.000000810. The number of rotatable bonds is 1. The first-order valence-electron chi connectivity index (χ1n) is 2.25. The van der Waals surface area contributed by atoms with Gasteiger partial charge in [0, 0.05) is 0 Å². The molecule has 0 aliphatic carbocycles. The fourth-order valence-corrected chi connectivity index (χ4v) is 0.736. The van der Waals surface area contributed by atoms with E-state index in [2.05, 4.69) is 25.9 Å². The molecule has 5 heteroatoms. The number of hydrogen-bond donors (Lipinski definition) is 0. The molecule has 0 spiro atoms. The molecule has 0 unspecified atom stereocenters. The number of hydrogen-bond acceptors (Lipinski definition) is 3. The van der Waals surface area contributed by atoms with Gasteiger partial charge in [-0.3, -0.25) is 9.78 Å². The van der Waals surface area contributed by atoms with E-state index in [0.29, 0.717) is 16.6 Å². The number of carbonyl (C=O) groups is 1. The Kier molecular flexibility index (Phi) is 4.14. The predicted octanol–water partition coefficient (Wildman–Crippen LogP) is 1.47. The van der Waals surface area contributed by atoms with Crippen LogP contribution in [0.25, 0.3) is 0 Å². The maximum Gasteiger partial charge on any atom is 0.170 e. The molecule has 0 N–H and O–H groups in total. The molecule has 0 amide bonds. The van der Waals surface area contributed by atoms with Crippen LogP contribution in [0, 0.1) is 0 Å². The number of nitrogens with zero attached hydrogens (tertiary/aromatic N) is 2. The second kappa shape index (κ2) is 4.35. The maximum atomic E-state index is 10.0. The molecule has 10 heavy (non-hydrogen) atoms. The molecule has 0 aliphatic rings. The molecule has 0 fully saturated rings. The monoisotopic (exact) mass is 222 g/mol. The quantitative estimate of drug-likeness (QED) is 0.677. The van der Waals surface area contributed by atoms with Crippen LogP contribution in [0.15, 0.2) is 17.0 Å². The Labute approximate surface area is 72.4 Å². The van der Waals surface area contributed by atoms with Gasteiger partial charge in [-0.2, -0.15) is 0 Å². The van der Waals surface area contributed by atoms with E-state index < -0.39 is 0 Å². The van der Waals surface area contributed by atoms with Gasteiger partial charge in [0.1, 0.15) is 10.3 Å². The Bertz CT molecular complexity index is 231. The van der Waals surface area contributed by atoms with E-state index in [1.54, 1.807) is 0 Å². The summed E-state index contributed by atoms with van der Waals surface area (Å²) in [6.45, 7) is 0. The molecule has 0 radical (unpaired) electrons. The van der Waals surface area contributed by atoms with Crippen LogP contribution in [0.4, 0.5) is 0 Å². The summed E-state index contributed by atoms with van der Waals surface area (Å²) in [5, 5.41) is 0. The topological polar surface area (TPSA) is 42.9 Å². The average molecular weight is 223 g/mol. The van der Waals surface area contributed by atoms with Crippen molar-refractivity contribution in [3.63, 3.8) is 0 Å². The Morgan fingerprint density at radius 3 is 2.60 bits per heavy atom. The summed E-state index contributed by atoms with van der Waals surface area (Å²) in [4.78, 5) is 17.5. The second-order valence-electron chi connectivity index (χ2n) is 1.38. The summed E-state index contributed by atoms with van der Waals surface area (Å²) in [7, 11) is 0. The third kappa shape index (κ3) is 2.41. The van der Waals surface area contributed by atoms with Gasteiger partial charge in [0.05, 0.1) is 12.4 Å². The minimum atomic E-state index is 0. The molecular weight excluding hydrogens is 219 g/mol. The molecule has 0 bridgehead atoms. The molecule has 1 aromatic heterocycles. The highest BCUT2D eigenvalue weighted by molar-refractivity contribution is 9.10. The van der Waals surface area contributed by atoms with Gasteiger partial charge in [0.25, 0.3) is 0 Å². The smallest absolute Gasteiger partial charge is 0.170 e. The summed E-state index contributed by atoms with van der Waals surface area (Å²) in [6, 6.07) is 0. The van der Waals surface area contributed by atoms with E-state index in [1.807, 2.05) is 0 Å². The lowest BCUT2D eigenvalue weighted by Crippen LogP contribution is -1.87. The lowest BCUT2D eigenvalue weighted by atomic mass is 10.5. The summed E-state index contributed by atoms with van der Waals surface area (Å²) in [6.07, 6.45) is 3.57. The first kappa shape index (κ1) is 9.52. The van der Waals surface area contributed by atoms with E-state index in [0.717, 1.165) is 0 Å². The Hall–Kier alpha value is -0.480. The van der Waals surface area contributed by atoms with Gasteiger partial charge in [0.2, 0.25) is 0 Å². The number of aldehydes is 1. The minimum Gasteiger partial charge on any atom is -0.296 e. The maximum absolute atomic E-state index is 10.0.